The lowest BCUT2D eigenvalue weighted by Crippen LogP contribution is -2.39. The van der Waals surface area contributed by atoms with Gasteiger partial charge in [0.25, 0.3) is 0 Å². The Bertz CT molecular complexity index is 298. The van der Waals surface area contributed by atoms with Gasteiger partial charge in [0, 0.05) is 19.1 Å². The summed E-state index contributed by atoms with van der Waals surface area (Å²) in [5, 5.41) is 9.34. The van der Waals surface area contributed by atoms with E-state index in [2.05, 4.69) is 27.2 Å². The van der Waals surface area contributed by atoms with Crippen molar-refractivity contribution in [3.05, 3.63) is 0 Å². The quantitative estimate of drug-likeness (QED) is 0.232. The van der Waals surface area contributed by atoms with Crippen LogP contribution in [0.25, 0.3) is 0 Å². The van der Waals surface area contributed by atoms with Crippen LogP contribution >= 0.6 is 35.7 Å². The number of aliphatic imine (C=N–C) groups is 1. The highest BCUT2D eigenvalue weighted by Crippen LogP contribution is 2.18. The van der Waals surface area contributed by atoms with Crippen molar-refractivity contribution in [1.82, 2.24) is 16.0 Å². The zero-order chi connectivity index (χ0) is 13.9. The number of hydrogen-bond acceptors (Lipinski definition) is 3. The average molecular weight is 414 g/mol. The van der Waals surface area contributed by atoms with E-state index in [0.29, 0.717) is 6.04 Å². The molecule has 1 rings (SSSR count). The third kappa shape index (κ3) is 10.6. The number of nitrogens with zero attached hydrogens (tertiary/aromatic N) is 1. The van der Waals surface area contributed by atoms with Gasteiger partial charge in [0.1, 0.15) is 6.54 Å². The number of amides is 1. The Hall–Kier alpha value is -0.180. The van der Waals surface area contributed by atoms with Crippen LogP contribution in [0.2, 0.25) is 0 Å². The van der Waals surface area contributed by atoms with Crippen LogP contribution in [-0.2, 0) is 4.79 Å². The zero-order valence-corrected chi connectivity index (χ0v) is 15.6. The molecule has 5 nitrogen and oxygen atoms in total. The molecule has 1 saturated carbocycles. The second-order valence-corrected chi connectivity index (χ2v) is 5.65. The third-order valence-corrected chi connectivity index (χ3v) is 3.43. The molecular weight excluding hydrogens is 387 g/mol. The van der Waals surface area contributed by atoms with E-state index < -0.39 is 0 Å². The van der Waals surface area contributed by atoms with Gasteiger partial charge in [-0.1, -0.05) is 0 Å². The molecule has 0 bridgehead atoms. The van der Waals surface area contributed by atoms with Gasteiger partial charge in [-0.05, 0) is 44.6 Å². The Labute approximate surface area is 143 Å². The number of rotatable bonds is 9. The lowest BCUT2D eigenvalue weighted by Gasteiger charge is -2.11. The Morgan fingerprint density at radius 3 is 2.65 bits per heavy atom. The molecule has 0 atom stereocenters. The van der Waals surface area contributed by atoms with Crippen molar-refractivity contribution >= 4 is 47.6 Å². The van der Waals surface area contributed by atoms with Gasteiger partial charge in [-0.3, -0.25) is 4.79 Å². The maximum absolute atomic E-state index is 11.5. The number of unbranched alkanes of at least 4 members (excludes halogenated alkanes) is 1. The van der Waals surface area contributed by atoms with Gasteiger partial charge in [-0.15, -0.1) is 24.0 Å². The molecule has 1 amide bonds. The number of halogens is 1. The first-order valence-corrected chi connectivity index (χ1v) is 8.46. The van der Waals surface area contributed by atoms with E-state index in [9.17, 15) is 4.79 Å². The first-order valence-electron chi connectivity index (χ1n) is 7.06. The van der Waals surface area contributed by atoms with E-state index in [0.717, 1.165) is 38.3 Å². The fourth-order valence-electron chi connectivity index (χ4n) is 1.57. The van der Waals surface area contributed by atoms with Gasteiger partial charge < -0.3 is 16.0 Å². The summed E-state index contributed by atoms with van der Waals surface area (Å²) in [6.07, 6.45) is 6.68. The minimum absolute atomic E-state index is 0. The molecule has 0 radical (unpaired) electrons. The number of guanidine groups is 1. The fourth-order valence-corrected chi connectivity index (χ4v) is 2.06. The van der Waals surface area contributed by atoms with Gasteiger partial charge in [0.05, 0.1) is 0 Å². The van der Waals surface area contributed by atoms with Gasteiger partial charge in [-0.25, -0.2) is 4.99 Å². The number of thioether (sulfide) groups is 1. The third-order valence-electron chi connectivity index (χ3n) is 2.74. The van der Waals surface area contributed by atoms with Crippen molar-refractivity contribution in [1.29, 1.82) is 0 Å². The van der Waals surface area contributed by atoms with Crippen LogP contribution in [0.4, 0.5) is 0 Å². The molecule has 0 aliphatic heterocycles. The predicted molar refractivity (Wildman–Crippen MR) is 98.2 cm³/mol. The summed E-state index contributed by atoms with van der Waals surface area (Å²) < 4.78 is 0. The number of carbonyl (C=O) groups is 1. The van der Waals surface area contributed by atoms with Crippen LogP contribution in [0, 0.1) is 0 Å². The van der Waals surface area contributed by atoms with Crippen LogP contribution in [0.1, 0.15) is 32.6 Å². The molecule has 1 aliphatic carbocycles. The summed E-state index contributed by atoms with van der Waals surface area (Å²) >= 11 is 1.87. The summed E-state index contributed by atoms with van der Waals surface area (Å²) in [4.78, 5) is 15.8. The molecule has 0 aromatic carbocycles. The van der Waals surface area contributed by atoms with E-state index in [1.165, 1.54) is 12.2 Å². The Morgan fingerprint density at radius 2 is 2.05 bits per heavy atom. The van der Waals surface area contributed by atoms with Gasteiger partial charge in [-0.2, -0.15) is 11.8 Å². The predicted octanol–water partition coefficient (Wildman–Crippen LogP) is 1.58. The van der Waals surface area contributed by atoms with E-state index in [-0.39, 0.29) is 36.4 Å². The Morgan fingerprint density at radius 1 is 1.30 bits per heavy atom. The lowest BCUT2D eigenvalue weighted by atomic mass is 10.3. The van der Waals surface area contributed by atoms with Crippen LogP contribution in [-0.4, -0.2) is 49.6 Å². The molecule has 0 aromatic heterocycles. The summed E-state index contributed by atoms with van der Waals surface area (Å²) in [5.41, 5.74) is 0. The molecule has 0 unspecified atom stereocenters. The van der Waals surface area contributed by atoms with Crippen LogP contribution in [0.15, 0.2) is 4.99 Å². The summed E-state index contributed by atoms with van der Waals surface area (Å²) in [6, 6.07) is 0.407. The molecule has 1 fully saturated rings. The van der Waals surface area contributed by atoms with Crippen molar-refractivity contribution < 1.29 is 4.79 Å². The number of nitrogens with one attached hydrogen (secondary N) is 3. The molecule has 0 saturated heterocycles. The van der Waals surface area contributed by atoms with Gasteiger partial charge >= 0.3 is 0 Å². The van der Waals surface area contributed by atoms with Crippen molar-refractivity contribution in [2.24, 2.45) is 4.99 Å². The second kappa shape index (κ2) is 12.6. The van der Waals surface area contributed by atoms with Crippen molar-refractivity contribution in [3.8, 4) is 0 Å². The molecule has 20 heavy (non-hydrogen) atoms. The van der Waals surface area contributed by atoms with Crippen molar-refractivity contribution in [2.75, 3.05) is 31.6 Å². The largest absolute Gasteiger partial charge is 0.357 e. The monoisotopic (exact) mass is 414 g/mol. The molecular formula is C13H27IN4OS. The van der Waals surface area contributed by atoms with Gasteiger partial charge in [0.15, 0.2) is 5.96 Å². The molecule has 1 aliphatic rings. The maximum atomic E-state index is 11.5. The lowest BCUT2D eigenvalue weighted by molar-refractivity contribution is -0.119. The molecule has 0 aromatic rings. The average Bonchev–Trinajstić information content (AvgIpc) is 3.19. The first-order chi connectivity index (χ1) is 9.26. The standard InChI is InChI=1S/C13H26N4OS.HI/c1-3-14-13(15-8-4-5-9-19-2)16-10-12(18)17-11-6-7-11;/h11H,3-10H2,1-2H3,(H,17,18)(H2,14,15,16);1H. The number of hydrogen-bond donors (Lipinski definition) is 3. The van der Waals surface area contributed by atoms with E-state index >= 15 is 0 Å². The molecule has 3 N–H and O–H groups in total. The fraction of sp³-hybridized carbons (Fsp3) is 0.846. The van der Waals surface area contributed by atoms with E-state index in [1.807, 2.05) is 18.7 Å². The topological polar surface area (TPSA) is 65.5 Å². The Balaban J connectivity index is 0.00000361. The highest BCUT2D eigenvalue weighted by atomic mass is 127. The van der Waals surface area contributed by atoms with Gasteiger partial charge in [0.2, 0.25) is 5.91 Å². The normalized spacial score (nSPS) is 14.4. The molecule has 0 spiro atoms. The van der Waals surface area contributed by atoms with Crippen molar-refractivity contribution in [3.63, 3.8) is 0 Å². The molecule has 118 valence electrons. The highest BCUT2D eigenvalue weighted by molar-refractivity contribution is 14.0. The molecule has 7 heteroatoms. The second-order valence-electron chi connectivity index (χ2n) is 4.66. The van der Waals surface area contributed by atoms with Crippen LogP contribution < -0.4 is 16.0 Å². The zero-order valence-electron chi connectivity index (χ0n) is 12.4. The Kier molecular flexibility index (Phi) is 12.4. The van der Waals surface area contributed by atoms with E-state index in [1.54, 1.807) is 0 Å². The summed E-state index contributed by atoms with van der Waals surface area (Å²) in [5.74, 6) is 1.94. The summed E-state index contributed by atoms with van der Waals surface area (Å²) in [6.45, 7) is 3.93. The minimum atomic E-state index is 0. The highest BCUT2D eigenvalue weighted by Gasteiger charge is 2.22. The molecule has 0 heterocycles. The first kappa shape index (κ1) is 19.8. The van der Waals surface area contributed by atoms with Crippen LogP contribution in [0.3, 0.4) is 0 Å². The minimum Gasteiger partial charge on any atom is -0.357 e. The summed E-state index contributed by atoms with van der Waals surface area (Å²) in [7, 11) is 0. The smallest absolute Gasteiger partial charge is 0.242 e. The SMILES string of the molecule is CCNC(=NCC(=O)NC1CC1)NCCCCSC.I. The maximum Gasteiger partial charge on any atom is 0.242 e. The van der Waals surface area contributed by atoms with E-state index in [4.69, 9.17) is 0 Å². The van der Waals surface area contributed by atoms with Crippen LogP contribution in [0.5, 0.6) is 0 Å². The van der Waals surface area contributed by atoms with Crippen molar-refractivity contribution in [2.45, 2.75) is 38.6 Å². The number of carbonyl (C=O) groups excluding carboxylic acids is 1.